The standard InChI is InChI=1S/C25H22BrClN4O/c26-20-8-6-18(7-9-20)23(25-29-28-24(32-25)19-4-2-1-3-5-19)31-16-14-30(15-17-31)22-12-10-21(27)11-13-22/h1-13,23H,14-17H2/t23-/m0/s1. The lowest BCUT2D eigenvalue weighted by molar-refractivity contribution is 0.188. The van der Waals surface area contributed by atoms with Crippen LogP contribution in [0, 0.1) is 0 Å². The average Bonchev–Trinajstić information content (AvgIpc) is 3.32. The highest BCUT2D eigenvalue weighted by Crippen LogP contribution is 2.32. The minimum atomic E-state index is -0.0968. The van der Waals surface area contributed by atoms with Crippen LogP contribution in [0.1, 0.15) is 17.5 Å². The van der Waals surface area contributed by atoms with Gasteiger partial charge in [0.2, 0.25) is 11.8 Å². The summed E-state index contributed by atoms with van der Waals surface area (Å²) < 4.78 is 7.24. The molecule has 3 aromatic carbocycles. The fourth-order valence-corrected chi connectivity index (χ4v) is 4.48. The van der Waals surface area contributed by atoms with Gasteiger partial charge in [-0.05, 0) is 54.1 Å². The lowest BCUT2D eigenvalue weighted by atomic mass is 10.0. The maximum Gasteiger partial charge on any atom is 0.247 e. The number of hydrogen-bond donors (Lipinski definition) is 0. The first-order valence-electron chi connectivity index (χ1n) is 10.6. The van der Waals surface area contributed by atoms with Crippen LogP contribution in [0.25, 0.3) is 11.5 Å². The Labute approximate surface area is 200 Å². The van der Waals surface area contributed by atoms with E-state index in [-0.39, 0.29) is 6.04 Å². The van der Waals surface area contributed by atoms with Gasteiger partial charge in [0.25, 0.3) is 0 Å². The lowest BCUT2D eigenvalue weighted by Gasteiger charge is -2.39. The second-order valence-electron chi connectivity index (χ2n) is 7.76. The summed E-state index contributed by atoms with van der Waals surface area (Å²) in [5.41, 5.74) is 3.25. The van der Waals surface area contributed by atoms with E-state index >= 15 is 0 Å². The molecule has 0 unspecified atom stereocenters. The van der Waals surface area contributed by atoms with Gasteiger partial charge in [0.1, 0.15) is 6.04 Å². The van der Waals surface area contributed by atoms with Gasteiger partial charge in [0.05, 0.1) is 0 Å². The highest BCUT2D eigenvalue weighted by Gasteiger charge is 2.30. The number of aromatic nitrogens is 2. The van der Waals surface area contributed by atoms with Crippen molar-refractivity contribution in [3.05, 3.63) is 99.8 Å². The molecule has 0 radical (unpaired) electrons. The van der Waals surface area contributed by atoms with Crippen molar-refractivity contribution in [2.45, 2.75) is 6.04 Å². The van der Waals surface area contributed by atoms with Gasteiger partial charge in [-0.2, -0.15) is 0 Å². The van der Waals surface area contributed by atoms with Crippen LogP contribution in [0.5, 0.6) is 0 Å². The molecule has 1 saturated heterocycles. The van der Waals surface area contributed by atoms with Gasteiger partial charge < -0.3 is 9.32 Å². The molecule has 1 fully saturated rings. The molecule has 5 rings (SSSR count). The van der Waals surface area contributed by atoms with Crippen LogP contribution in [0.2, 0.25) is 5.02 Å². The van der Waals surface area contributed by atoms with Gasteiger partial charge >= 0.3 is 0 Å². The SMILES string of the molecule is Clc1ccc(N2CCN([C@@H](c3ccc(Br)cc3)c3nnc(-c4ccccc4)o3)CC2)cc1. The molecule has 1 aromatic heterocycles. The van der Waals surface area contributed by atoms with E-state index in [1.807, 2.05) is 42.5 Å². The Morgan fingerprint density at radius 3 is 2.19 bits per heavy atom. The summed E-state index contributed by atoms with van der Waals surface area (Å²) in [5.74, 6) is 1.16. The smallest absolute Gasteiger partial charge is 0.247 e. The first-order chi connectivity index (χ1) is 15.7. The summed E-state index contributed by atoms with van der Waals surface area (Å²) in [6, 6.07) is 26.2. The average molecular weight is 510 g/mol. The van der Waals surface area contributed by atoms with Gasteiger partial charge in [0, 0.05) is 46.9 Å². The van der Waals surface area contributed by atoms with Crippen molar-refractivity contribution in [2.75, 3.05) is 31.1 Å². The maximum atomic E-state index is 6.19. The number of piperazine rings is 1. The highest BCUT2D eigenvalue weighted by atomic mass is 79.9. The van der Waals surface area contributed by atoms with Crippen molar-refractivity contribution >= 4 is 33.2 Å². The fraction of sp³-hybridized carbons (Fsp3) is 0.200. The van der Waals surface area contributed by atoms with E-state index in [1.165, 1.54) is 5.69 Å². The van der Waals surface area contributed by atoms with Crippen molar-refractivity contribution in [1.82, 2.24) is 15.1 Å². The van der Waals surface area contributed by atoms with E-state index in [0.717, 1.165) is 46.8 Å². The van der Waals surface area contributed by atoms with E-state index in [0.29, 0.717) is 11.8 Å². The molecule has 162 valence electrons. The number of rotatable bonds is 5. The summed E-state index contributed by atoms with van der Waals surface area (Å²) in [4.78, 5) is 4.80. The molecule has 0 N–H and O–H groups in total. The molecule has 0 spiro atoms. The summed E-state index contributed by atoms with van der Waals surface area (Å²) >= 11 is 9.59. The third-order valence-electron chi connectivity index (χ3n) is 5.75. The normalized spacial score (nSPS) is 15.6. The summed E-state index contributed by atoms with van der Waals surface area (Å²) in [6.45, 7) is 3.58. The fourth-order valence-electron chi connectivity index (χ4n) is 4.09. The van der Waals surface area contributed by atoms with Gasteiger partial charge in [-0.1, -0.05) is 57.9 Å². The van der Waals surface area contributed by atoms with Crippen molar-refractivity contribution in [3.8, 4) is 11.5 Å². The van der Waals surface area contributed by atoms with Gasteiger partial charge in [0.15, 0.2) is 0 Å². The molecule has 1 aliphatic heterocycles. The van der Waals surface area contributed by atoms with Crippen LogP contribution < -0.4 is 4.90 Å². The van der Waals surface area contributed by atoms with Crippen LogP contribution >= 0.6 is 27.5 Å². The zero-order valence-corrected chi connectivity index (χ0v) is 19.7. The van der Waals surface area contributed by atoms with Gasteiger partial charge in [-0.25, -0.2) is 0 Å². The summed E-state index contributed by atoms with van der Waals surface area (Å²) in [7, 11) is 0. The summed E-state index contributed by atoms with van der Waals surface area (Å²) in [5, 5.41) is 9.55. The predicted molar refractivity (Wildman–Crippen MR) is 131 cm³/mol. The Morgan fingerprint density at radius 1 is 0.812 bits per heavy atom. The minimum Gasteiger partial charge on any atom is -0.419 e. The molecule has 1 atom stereocenters. The van der Waals surface area contributed by atoms with Crippen LogP contribution in [-0.2, 0) is 0 Å². The van der Waals surface area contributed by atoms with E-state index in [2.05, 4.69) is 72.3 Å². The molecular weight excluding hydrogens is 488 g/mol. The van der Waals surface area contributed by atoms with Crippen molar-refractivity contribution < 1.29 is 4.42 Å². The molecular formula is C25H22BrClN4O. The van der Waals surface area contributed by atoms with Crippen molar-refractivity contribution in [3.63, 3.8) is 0 Å². The lowest BCUT2D eigenvalue weighted by Crippen LogP contribution is -2.48. The largest absolute Gasteiger partial charge is 0.419 e. The molecule has 5 nitrogen and oxygen atoms in total. The first kappa shape index (κ1) is 21.2. The van der Waals surface area contributed by atoms with Crippen LogP contribution in [0.3, 0.4) is 0 Å². The van der Waals surface area contributed by atoms with Crippen LogP contribution in [0.4, 0.5) is 5.69 Å². The van der Waals surface area contributed by atoms with Crippen molar-refractivity contribution in [1.29, 1.82) is 0 Å². The predicted octanol–water partition coefficient (Wildman–Crippen LogP) is 6.06. The maximum absolute atomic E-state index is 6.19. The van der Waals surface area contributed by atoms with E-state index in [1.54, 1.807) is 0 Å². The molecule has 0 aliphatic carbocycles. The number of hydrogen-bond acceptors (Lipinski definition) is 5. The molecule has 2 heterocycles. The van der Waals surface area contributed by atoms with E-state index < -0.39 is 0 Å². The van der Waals surface area contributed by atoms with Crippen LogP contribution in [0.15, 0.2) is 87.8 Å². The quantitative estimate of drug-likeness (QED) is 0.327. The number of halogens is 2. The van der Waals surface area contributed by atoms with Crippen molar-refractivity contribution in [2.24, 2.45) is 0 Å². The zero-order valence-electron chi connectivity index (χ0n) is 17.4. The molecule has 0 bridgehead atoms. The number of anilines is 1. The van der Waals surface area contributed by atoms with E-state index in [9.17, 15) is 0 Å². The van der Waals surface area contributed by atoms with Gasteiger partial charge in [-0.15, -0.1) is 10.2 Å². The minimum absolute atomic E-state index is 0.0968. The summed E-state index contributed by atoms with van der Waals surface area (Å²) in [6.07, 6.45) is 0. The zero-order chi connectivity index (χ0) is 21.9. The topological polar surface area (TPSA) is 45.4 Å². The molecule has 1 aliphatic rings. The van der Waals surface area contributed by atoms with Gasteiger partial charge in [-0.3, -0.25) is 4.90 Å². The Hall–Kier alpha value is -2.67. The van der Waals surface area contributed by atoms with Crippen LogP contribution in [-0.4, -0.2) is 41.3 Å². The molecule has 0 amide bonds. The second kappa shape index (κ2) is 9.45. The monoisotopic (exact) mass is 508 g/mol. The molecule has 7 heteroatoms. The molecule has 32 heavy (non-hydrogen) atoms. The second-order valence-corrected chi connectivity index (χ2v) is 9.12. The van der Waals surface area contributed by atoms with E-state index in [4.69, 9.17) is 16.0 Å². The third kappa shape index (κ3) is 4.58. The number of nitrogens with zero attached hydrogens (tertiary/aromatic N) is 4. The molecule has 0 saturated carbocycles. The Kier molecular flexibility index (Phi) is 6.26. The number of benzene rings is 3. The first-order valence-corrected chi connectivity index (χ1v) is 11.7. The highest BCUT2D eigenvalue weighted by molar-refractivity contribution is 9.10. The Bertz CT molecular complexity index is 1160. The Morgan fingerprint density at radius 2 is 1.50 bits per heavy atom. The molecule has 4 aromatic rings. The Balaban J connectivity index is 1.41. The third-order valence-corrected chi connectivity index (χ3v) is 6.53.